The number of hydrogen-bond acceptors (Lipinski definition) is 3. The highest BCUT2D eigenvalue weighted by Gasteiger charge is 2.17. The fourth-order valence-corrected chi connectivity index (χ4v) is 3.19. The Hall–Kier alpha value is -1.89. The lowest BCUT2D eigenvalue weighted by atomic mass is 10.1. The van der Waals surface area contributed by atoms with E-state index in [4.69, 9.17) is 11.6 Å². The lowest BCUT2D eigenvalue weighted by Crippen LogP contribution is -2.37. The lowest BCUT2D eigenvalue weighted by Gasteiger charge is -2.20. The molecule has 0 spiro atoms. The minimum Gasteiger partial charge on any atom is -0.351 e. The molecule has 1 amide bonds. The zero-order valence-electron chi connectivity index (χ0n) is 14.2. The number of halogens is 1. The van der Waals surface area contributed by atoms with E-state index in [1.165, 1.54) is 4.31 Å². The quantitative estimate of drug-likeness (QED) is 0.803. The van der Waals surface area contributed by atoms with Gasteiger partial charge in [0.1, 0.15) is 0 Å². The van der Waals surface area contributed by atoms with Crippen LogP contribution in [0.25, 0.3) is 0 Å². The summed E-state index contributed by atoms with van der Waals surface area (Å²) in [6, 6.07) is 14.2. The molecule has 0 aliphatic heterocycles. The Morgan fingerprint density at radius 3 is 2.24 bits per heavy atom. The van der Waals surface area contributed by atoms with Gasteiger partial charge >= 0.3 is 0 Å². The van der Waals surface area contributed by atoms with Crippen LogP contribution in [0.1, 0.15) is 21.5 Å². The van der Waals surface area contributed by atoms with Crippen molar-refractivity contribution in [3.8, 4) is 0 Å². The van der Waals surface area contributed by atoms with Gasteiger partial charge < -0.3 is 5.32 Å². The Labute approximate surface area is 153 Å². The minimum atomic E-state index is -3.39. The summed E-state index contributed by atoms with van der Waals surface area (Å²) in [6.07, 6.45) is 1.16. The summed E-state index contributed by atoms with van der Waals surface area (Å²) in [4.78, 5) is 12.1. The van der Waals surface area contributed by atoms with Crippen LogP contribution in [0.15, 0.2) is 48.5 Å². The van der Waals surface area contributed by atoms with Gasteiger partial charge in [-0.25, -0.2) is 8.42 Å². The molecule has 0 atom stereocenters. The maximum Gasteiger partial charge on any atom is 0.251 e. The van der Waals surface area contributed by atoms with Crippen LogP contribution in [0, 0.1) is 6.92 Å². The van der Waals surface area contributed by atoms with E-state index in [1.54, 1.807) is 36.4 Å². The Morgan fingerprint density at radius 1 is 1.08 bits per heavy atom. The third-order valence-electron chi connectivity index (χ3n) is 3.70. The fraction of sp³-hybridized carbons (Fsp3) is 0.278. The second kappa shape index (κ2) is 8.47. The molecule has 2 aromatic carbocycles. The first-order valence-corrected chi connectivity index (χ1v) is 10.0. The van der Waals surface area contributed by atoms with E-state index < -0.39 is 10.0 Å². The molecule has 0 aliphatic carbocycles. The van der Waals surface area contributed by atoms with Gasteiger partial charge in [0, 0.05) is 30.2 Å². The van der Waals surface area contributed by atoms with Crippen molar-refractivity contribution in [1.82, 2.24) is 9.62 Å². The number of carbonyl (C=O) groups excluding carboxylic acids is 1. The van der Waals surface area contributed by atoms with Gasteiger partial charge in [-0.15, -0.1) is 0 Å². The Balaban J connectivity index is 1.95. The van der Waals surface area contributed by atoms with Crippen molar-refractivity contribution in [1.29, 1.82) is 0 Å². The molecular weight excluding hydrogens is 360 g/mol. The number of nitrogens with zero attached hydrogens (tertiary/aromatic N) is 1. The van der Waals surface area contributed by atoms with E-state index in [1.807, 2.05) is 19.1 Å². The standard InChI is InChI=1S/C18H21ClN2O3S/c1-14-3-7-16(8-4-14)18(22)20-11-12-21(25(2,23)24)13-15-5-9-17(19)10-6-15/h3-10H,11-13H2,1-2H3,(H,20,22). The first kappa shape index (κ1) is 19.4. The Morgan fingerprint density at radius 2 is 1.68 bits per heavy atom. The molecule has 7 heteroatoms. The summed E-state index contributed by atoms with van der Waals surface area (Å²) in [5.74, 6) is -0.222. The molecule has 5 nitrogen and oxygen atoms in total. The molecule has 0 heterocycles. The average Bonchev–Trinajstić information content (AvgIpc) is 2.55. The number of benzene rings is 2. The molecular formula is C18H21ClN2O3S. The van der Waals surface area contributed by atoms with Crippen LogP contribution in [0.5, 0.6) is 0 Å². The van der Waals surface area contributed by atoms with Gasteiger partial charge in [-0.3, -0.25) is 4.79 Å². The van der Waals surface area contributed by atoms with Crippen LogP contribution in [-0.4, -0.2) is 38.0 Å². The van der Waals surface area contributed by atoms with Crippen LogP contribution < -0.4 is 5.32 Å². The fourth-order valence-electron chi connectivity index (χ4n) is 2.26. The van der Waals surface area contributed by atoms with Crippen molar-refractivity contribution < 1.29 is 13.2 Å². The van der Waals surface area contributed by atoms with E-state index in [-0.39, 0.29) is 25.5 Å². The summed E-state index contributed by atoms with van der Waals surface area (Å²) in [6.45, 7) is 2.60. The second-order valence-electron chi connectivity index (χ2n) is 5.84. The van der Waals surface area contributed by atoms with Gasteiger partial charge in [-0.05, 0) is 36.8 Å². The van der Waals surface area contributed by atoms with Crippen molar-refractivity contribution in [3.63, 3.8) is 0 Å². The molecule has 0 radical (unpaired) electrons. The highest BCUT2D eigenvalue weighted by molar-refractivity contribution is 7.88. The van der Waals surface area contributed by atoms with Crippen LogP contribution >= 0.6 is 11.6 Å². The molecule has 0 fully saturated rings. The van der Waals surface area contributed by atoms with Crippen LogP contribution in [0.2, 0.25) is 5.02 Å². The third-order valence-corrected chi connectivity index (χ3v) is 5.20. The average molecular weight is 381 g/mol. The maximum atomic E-state index is 12.1. The van der Waals surface area contributed by atoms with Crippen molar-refractivity contribution in [2.24, 2.45) is 0 Å². The van der Waals surface area contributed by atoms with Crippen molar-refractivity contribution >= 4 is 27.5 Å². The van der Waals surface area contributed by atoms with E-state index in [0.717, 1.165) is 17.4 Å². The molecule has 0 bridgehead atoms. The topological polar surface area (TPSA) is 66.5 Å². The van der Waals surface area contributed by atoms with E-state index in [2.05, 4.69) is 5.32 Å². The second-order valence-corrected chi connectivity index (χ2v) is 8.26. The molecule has 0 unspecified atom stereocenters. The minimum absolute atomic E-state index is 0.194. The predicted octanol–water partition coefficient (Wildman–Crippen LogP) is 2.84. The molecule has 0 aromatic heterocycles. The summed E-state index contributed by atoms with van der Waals surface area (Å²) in [5, 5.41) is 3.35. The number of sulfonamides is 1. The van der Waals surface area contributed by atoms with E-state index in [9.17, 15) is 13.2 Å². The third kappa shape index (κ3) is 6.16. The number of amides is 1. The first-order chi connectivity index (χ1) is 11.8. The van der Waals surface area contributed by atoms with Crippen molar-refractivity contribution in [2.45, 2.75) is 13.5 Å². The van der Waals surface area contributed by atoms with Gasteiger partial charge in [0.2, 0.25) is 10.0 Å². The Kier molecular flexibility index (Phi) is 6.58. The summed E-state index contributed by atoms with van der Waals surface area (Å²) >= 11 is 5.85. The molecule has 2 aromatic rings. The molecule has 0 aliphatic rings. The van der Waals surface area contributed by atoms with Gasteiger partial charge in [0.25, 0.3) is 5.91 Å². The number of carbonyl (C=O) groups is 1. The number of hydrogen-bond donors (Lipinski definition) is 1. The zero-order valence-corrected chi connectivity index (χ0v) is 15.8. The van der Waals surface area contributed by atoms with E-state index in [0.29, 0.717) is 10.6 Å². The number of rotatable bonds is 7. The molecule has 25 heavy (non-hydrogen) atoms. The number of aryl methyl sites for hydroxylation is 1. The van der Waals surface area contributed by atoms with Crippen LogP contribution in [0.4, 0.5) is 0 Å². The summed E-state index contributed by atoms with van der Waals surface area (Å²) in [5.41, 5.74) is 2.46. The summed E-state index contributed by atoms with van der Waals surface area (Å²) in [7, 11) is -3.39. The Bertz CT molecular complexity index is 818. The molecule has 0 saturated carbocycles. The monoisotopic (exact) mass is 380 g/mol. The largest absolute Gasteiger partial charge is 0.351 e. The van der Waals surface area contributed by atoms with Crippen molar-refractivity contribution in [2.75, 3.05) is 19.3 Å². The van der Waals surface area contributed by atoms with E-state index >= 15 is 0 Å². The highest BCUT2D eigenvalue weighted by atomic mass is 35.5. The first-order valence-electron chi connectivity index (χ1n) is 7.80. The maximum absolute atomic E-state index is 12.1. The molecule has 134 valence electrons. The molecule has 1 N–H and O–H groups in total. The lowest BCUT2D eigenvalue weighted by molar-refractivity contribution is 0.0951. The normalized spacial score (nSPS) is 11.5. The van der Waals surface area contributed by atoms with Gasteiger partial charge in [-0.2, -0.15) is 4.31 Å². The number of nitrogens with one attached hydrogen (secondary N) is 1. The van der Waals surface area contributed by atoms with Crippen LogP contribution in [-0.2, 0) is 16.6 Å². The smallest absolute Gasteiger partial charge is 0.251 e. The van der Waals surface area contributed by atoms with Gasteiger partial charge in [-0.1, -0.05) is 41.4 Å². The van der Waals surface area contributed by atoms with Gasteiger partial charge in [0.15, 0.2) is 0 Å². The van der Waals surface area contributed by atoms with Crippen molar-refractivity contribution in [3.05, 3.63) is 70.2 Å². The molecule has 0 saturated heterocycles. The summed E-state index contributed by atoms with van der Waals surface area (Å²) < 4.78 is 25.3. The SMILES string of the molecule is Cc1ccc(C(=O)NCCN(Cc2ccc(Cl)cc2)S(C)(=O)=O)cc1. The predicted molar refractivity (Wildman–Crippen MR) is 100 cm³/mol. The molecule has 2 rings (SSSR count). The van der Waals surface area contributed by atoms with Gasteiger partial charge in [0.05, 0.1) is 6.26 Å². The zero-order chi connectivity index (χ0) is 18.4. The van der Waals surface area contributed by atoms with Crippen LogP contribution in [0.3, 0.4) is 0 Å². The highest BCUT2D eigenvalue weighted by Crippen LogP contribution is 2.13.